The Bertz CT molecular complexity index is 2710. The summed E-state index contributed by atoms with van der Waals surface area (Å²) in [4.78, 5) is 18.0. The van der Waals surface area contributed by atoms with Crippen LogP contribution in [0.4, 0.5) is 0 Å². The lowest BCUT2D eigenvalue weighted by molar-refractivity contribution is 0.258. The van der Waals surface area contributed by atoms with E-state index in [9.17, 15) is 0 Å². The van der Waals surface area contributed by atoms with Gasteiger partial charge in [-0.3, -0.25) is 9.97 Å². The van der Waals surface area contributed by atoms with Crippen LogP contribution >= 0.6 is 0 Å². The van der Waals surface area contributed by atoms with Crippen molar-refractivity contribution < 1.29 is 18.9 Å². The van der Waals surface area contributed by atoms with E-state index in [1.165, 1.54) is 205 Å². The first-order chi connectivity index (χ1) is 44.6. The third-order valence-corrected chi connectivity index (χ3v) is 16.6. The molecule has 5 rings (SSSR count). The summed E-state index contributed by atoms with van der Waals surface area (Å²) in [6.07, 6.45) is 60.8. The fraction of sp³-hybridized carbons (Fsp3) is 0.585. The highest BCUT2D eigenvalue weighted by molar-refractivity contribution is 5.63. The number of aromatic nitrogens is 4. The van der Waals surface area contributed by atoms with E-state index in [1.54, 1.807) is 37.2 Å². The molecule has 3 aromatic heterocycles. The maximum absolute atomic E-state index is 6.65. The predicted octanol–water partition coefficient (Wildman–Crippen LogP) is 22.1. The van der Waals surface area contributed by atoms with Crippen molar-refractivity contribution in [2.75, 3.05) is 26.4 Å². The Kier molecular flexibility index (Phi) is 41.9. The summed E-state index contributed by atoms with van der Waals surface area (Å²) >= 11 is 0. The molecule has 3 heterocycles. The van der Waals surface area contributed by atoms with Crippen molar-refractivity contribution in [3.05, 3.63) is 130 Å². The molecule has 0 unspecified atom stereocenters. The molecule has 0 saturated carbocycles. The Morgan fingerprint density at radius 1 is 0.244 bits per heavy atom. The second-order valence-electron chi connectivity index (χ2n) is 24.5. The summed E-state index contributed by atoms with van der Waals surface area (Å²) in [7, 11) is 0. The molecule has 5 aromatic rings. The molecular weight excluding hydrogens is 1100 g/mol. The van der Waals surface area contributed by atoms with Gasteiger partial charge in [-0.25, -0.2) is 9.97 Å². The first-order valence-corrected chi connectivity index (χ1v) is 36.2. The summed E-state index contributed by atoms with van der Waals surface area (Å²) in [5.41, 5.74) is 5.49. The van der Waals surface area contributed by atoms with Crippen molar-refractivity contribution in [3.63, 3.8) is 0 Å². The summed E-state index contributed by atoms with van der Waals surface area (Å²) in [6, 6.07) is 15.7. The van der Waals surface area contributed by atoms with Gasteiger partial charge in [0.15, 0.2) is 23.0 Å². The maximum Gasteiger partial charge on any atom is 0.162 e. The first kappa shape index (κ1) is 74.0. The van der Waals surface area contributed by atoms with Gasteiger partial charge in [-0.1, -0.05) is 294 Å². The highest BCUT2D eigenvalue weighted by Crippen LogP contribution is 2.34. The van der Waals surface area contributed by atoms with Crippen LogP contribution in [0.25, 0.3) is 0 Å². The Balaban J connectivity index is 1.43. The number of ether oxygens (including phenoxy) is 4. The molecule has 90 heavy (non-hydrogen) atoms. The number of hydrogen-bond donors (Lipinski definition) is 0. The molecular formula is C82H114N4O4. The van der Waals surface area contributed by atoms with Crippen LogP contribution in [0.5, 0.6) is 23.0 Å². The lowest BCUT2D eigenvalue weighted by Gasteiger charge is -2.15. The van der Waals surface area contributed by atoms with Crippen molar-refractivity contribution in [2.45, 2.75) is 285 Å². The van der Waals surface area contributed by atoms with Gasteiger partial charge >= 0.3 is 0 Å². The fourth-order valence-corrected chi connectivity index (χ4v) is 11.0. The summed E-state index contributed by atoms with van der Waals surface area (Å²) in [6.45, 7) is 11.5. The van der Waals surface area contributed by atoms with Crippen molar-refractivity contribution in [1.82, 2.24) is 19.9 Å². The van der Waals surface area contributed by atoms with Gasteiger partial charge in [0, 0.05) is 94.8 Å². The zero-order valence-electron chi connectivity index (χ0n) is 56.6. The molecule has 2 aromatic carbocycles. The average Bonchev–Trinajstić information content (AvgIpc) is 1.43. The normalized spacial score (nSPS) is 10.7. The molecule has 8 nitrogen and oxygen atoms in total. The van der Waals surface area contributed by atoms with Crippen molar-refractivity contribution in [2.24, 2.45) is 0 Å². The Morgan fingerprint density at radius 2 is 0.456 bits per heavy atom. The third-order valence-electron chi connectivity index (χ3n) is 16.6. The largest absolute Gasteiger partial charge is 0.490 e. The zero-order chi connectivity index (χ0) is 63.3. The highest BCUT2D eigenvalue weighted by Gasteiger charge is 2.15. The molecule has 0 atom stereocenters. The van der Waals surface area contributed by atoms with Crippen LogP contribution < -0.4 is 18.9 Å². The number of hydrogen-bond acceptors (Lipinski definition) is 8. The lowest BCUT2D eigenvalue weighted by Crippen LogP contribution is -2.04. The second kappa shape index (κ2) is 50.9. The number of nitrogens with zero attached hydrogens (tertiary/aromatic N) is 4. The smallest absolute Gasteiger partial charge is 0.162 e. The van der Waals surface area contributed by atoms with Gasteiger partial charge < -0.3 is 18.9 Å². The molecule has 0 bridgehead atoms. The molecule has 0 aliphatic heterocycles. The summed E-state index contributed by atoms with van der Waals surface area (Å²) in [5.74, 6) is 30.0. The molecule has 486 valence electrons. The van der Waals surface area contributed by atoms with Gasteiger partial charge in [-0.2, -0.15) is 0 Å². The molecule has 0 saturated heterocycles. The molecule has 0 fully saturated rings. The van der Waals surface area contributed by atoms with Crippen LogP contribution in [-0.4, -0.2) is 46.4 Å². The minimum absolute atomic E-state index is 0.449. The predicted molar refractivity (Wildman–Crippen MR) is 377 cm³/mol. The fourth-order valence-electron chi connectivity index (χ4n) is 11.0. The first-order valence-electron chi connectivity index (χ1n) is 36.2. The second-order valence-corrected chi connectivity index (χ2v) is 24.5. The van der Waals surface area contributed by atoms with Crippen molar-refractivity contribution in [3.8, 4) is 70.4 Å². The molecule has 0 amide bonds. The summed E-state index contributed by atoms with van der Waals surface area (Å²) in [5, 5.41) is 0. The van der Waals surface area contributed by atoms with E-state index in [1.807, 2.05) is 48.5 Å². The molecule has 0 aliphatic rings. The van der Waals surface area contributed by atoms with Gasteiger partial charge in [0.25, 0.3) is 0 Å². The van der Waals surface area contributed by atoms with Crippen LogP contribution in [0.3, 0.4) is 0 Å². The molecule has 0 aliphatic carbocycles. The van der Waals surface area contributed by atoms with Crippen molar-refractivity contribution in [1.29, 1.82) is 0 Å². The van der Waals surface area contributed by atoms with Crippen LogP contribution in [0, 0.1) is 47.4 Å². The maximum atomic E-state index is 6.65. The third kappa shape index (κ3) is 33.9. The van der Waals surface area contributed by atoms with Crippen LogP contribution in [0.2, 0.25) is 0 Å². The van der Waals surface area contributed by atoms with E-state index in [4.69, 9.17) is 28.9 Å². The van der Waals surface area contributed by atoms with E-state index < -0.39 is 0 Å². The van der Waals surface area contributed by atoms with Gasteiger partial charge in [0.2, 0.25) is 0 Å². The minimum atomic E-state index is 0.449. The number of unbranched alkanes of at least 4 members (excludes halogenated alkanes) is 36. The van der Waals surface area contributed by atoms with Gasteiger partial charge in [-0.15, -0.1) is 0 Å². The van der Waals surface area contributed by atoms with E-state index in [2.05, 4.69) is 85.0 Å². The van der Waals surface area contributed by atoms with Gasteiger partial charge in [0.1, 0.15) is 11.4 Å². The number of rotatable bonds is 48. The van der Waals surface area contributed by atoms with Gasteiger partial charge in [0.05, 0.1) is 26.4 Å². The zero-order valence-corrected chi connectivity index (χ0v) is 56.6. The van der Waals surface area contributed by atoms with Crippen molar-refractivity contribution >= 4 is 0 Å². The molecule has 0 N–H and O–H groups in total. The highest BCUT2D eigenvalue weighted by atomic mass is 16.5. The lowest BCUT2D eigenvalue weighted by atomic mass is 10.0. The Labute approximate surface area is 547 Å². The van der Waals surface area contributed by atoms with E-state index in [0.717, 1.165) is 73.6 Å². The Morgan fingerprint density at radius 3 is 0.689 bits per heavy atom. The monoisotopic (exact) mass is 1220 g/mol. The average molecular weight is 1220 g/mol. The molecule has 0 radical (unpaired) electrons. The summed E-state index contributed by atoms with van der Waals surface area (Å²) < 4.78 is 26.5. The number of pyridine rings is 2. The van der Waals surface area contributed by atoms with Gasteiger partial charge in [-0.05, 0) is 61.8 Å². The standard InChI is InChI=1S/C82H114N4O4/c1-5-9-13-17-21-25-29-33-37-41-63-87-79-67-73(47-45-71-53-57-83-58-54-71)75(69-81(79)89-65-43-39-35-31-27-23-19-15-11-7-3)49-51-77-78(86-62-61-85-77)52-50-76-70-82(90-66-44-40-36-32-28-24-20-16-12-8-4)80(68-74(76)48-46-72-55-59-84-60-56-72)88-64-42-38-34-30-26-22-18-14-10-6-2/h53-62,67-70H,5-44,63-66H2,1-4H3. The quantitative estimate of drug-likeness (QED) is 0.0281. The van der Waals surface area contributed by atoms with Crippen LogP contribution in [-0.2, 0) is 0 Å². The van der Waals surface area contributed by atoms with E-state index in [0.29, 0.717) is 71.9 Å². The minimum Gasteiger partial charge on any atom is -0.490 e. The molecule has 0 spiro atoms. The molecule has 8 heteroatoms. The van der Waals surface area contributed by atoms with E-state index >= 15 is 0 Å². The topological polar surface area (TPSA) is 88.5 Å². The SMILES string of the molecule is CCCCCCCCCCCCOc1cc(C#Cc2ccncc2)c(C#Cc2nccnc2C#Cc2cc(OCCCCCCCCCCCC)c(OCCCCCCCCCCCC)cc2C#Cc2ccncc2)cc1OCCCCCCCCCCCC. The Hall–Kier alpha value is -6.74. The van der Waals surface area contributed by atoms with E-state index in [-0.39, 0.29) is 0 Å². The van der Waals surface area contributed by atoms with Crippen LogP contribution in [0.15, 0.2) is 85.7 Å². The van der Waals surface area contributed by atoms with Crippen LogP contribution in [0.1, 0.15) is 329 Å². The number of benzene rings is 2.